The number of primary amides is 1. The lowest BCUT2D eigenvalue weighted by molar-refractivity contribution is 0.100. The second kappa shape index (κ2) is 5.27. The maximum absolute atomic E-state index is 13.1. The van der Waals surface area contributed by atoms with Crippen LogP contribution in [0.4, 0.5) is 10.1 Å². The number of ether oxygens (including phenoxy) is 1. The number of nitrogens with two attached hydrogens (primary N) is 2. The van der Waals surface area contributed by atoms with Crippen molar-refractivity contribution in [2.24, 2.45) is 5.73 Å². The fourth-order valence-corrected chi connectivity index (χ4v) is 1.85. The summed E-state index contributed by atoms with van der Waals surface area (Å²) in [5, 5.41) is 0. The van der Waals surface area contributed by atoms with Crippen molar-refractivity contribution in [2.45, 2.75) is 0 Å². The van der Waals surface area contributed by atoms with E-state index in [1.165, 1.54) is 30.3 Å². The molecule has 0 atom stereocenters. The van der Waals surface area contributed by atoms with E-state index >= 15 is 0 Å². The fourth-order valence-electron chi connectivity index (χ4n) is 1.49. The number of hydrogen-bond acceptors (Lipinski definition) is 3. The minimum atomic E-state index is -0.636. The van der Waals surface area contributed by atoms with Crippen LogP contribution in [0.2, 0.25) is 0 Å². The lowest BCUT2D eigenvalue weighted by Crippen LogP contribution is -2.13. The van der Waals surface area contributed by atoms with E-state index in [1.54, 1.807) is 6.07 Å². The first-order valence-corrected chi connectivity index (χ1v) is 6.09. The highest BCUT2D eigenvalue weighted by Crippen LogP contribution is 2.28. The van der Waals surface area contributed by atoms with Gasteiger partial charge in [0.05, 0.1) is 10.0 Å². The third-order valence-electron chi connectivity index (χ3n) is 2.42. The second-order valence-electron chi connectivity index (χ2n) is 3.79. The molecule has 0 radical (unpaired) electrons. The van der Waals surface area contributed by atoms with Gasteiger partial charge in [-0.15, -0.1) is 0 Å². The zero-order valence-corrected chi connectivity index (χ0v) is 11.3. The predicted molar refractivity (Wildman–Crippen MR) is 73.5 cm³/mol. The summed E-state index contributed by atoms with van der Waals surface area (Å²) in [6.45, 7) is 0. The molecule has 98 valence electrons. The van der Waals surface area contributed by atoms with E-state index in [1.807, 2.05) is 0 Å². The maximum atomic E-state index is 13.1. The Morgan fingerprint density at radius 3 is 2.42 bits per heavy atom. The molecule has 0 fully saturated rings. The van der Waals surface area contributed by atoms with E-state index in [0.29, 0.717) is 11.5 Å². The number of halogens is 2. The van der Waals surface area contributed by atoms with Gasteiger partial charge in [0.2, 0.25) is 0 Å². The van der Waals surface area contributed by atoms with Crippen LogP contribution in [0.25, 0.3) is 0 Å². The molecule has 4 N–H and O–H groups in total. The molecule has 6 heteroatoms. The van der Waals surface area contributed by atoms with Gasteiger partial charge in [-0.2, -0.15) is 0 Å². The summed E-state index contributed by atoms with van der Waals surface area (Å²) in [6.07, 6.45) is 0. The third-order valence-corrected chi connectivity index (χ3v) is 3.02. The first-order chi connectivity index (χ1) is 8.97. The summed E-state index contributed by atoms with van der Waals surface area (Å²) in [7, 11) is 0. The third kappa shape index (κ3) is 3.03. The van der Waals surface area contributed by atoms with Crippen LogP contribution >= 0.6 is 15.9 Å². The van der Waals surface area contributed by atoms with Crippen LogP contribution in [-0.4, -0.2) is 5.91 Å². The van der Waals surface area contributed by atoms with E-state index in [-0.39, 0.29) is 21.5 Å². The van der Waals surface area contributed by atoms with Crippen LogP contribution in [0.5, 0.6) is 11.5 Å². The molecule has 0 saturated carbocycles. The molecule has 0 aromatic heterocycles. The van der Waals surface area contributed by atoms with Crippen LogP contribution in [0.15, 0.2) is 40.9 Å². The van der Waals surface area contributed by atoms with Gasteiger partial charge in [-0.3, -0.25) is 4.79 Å². The van der Waals surface area contributed by atoms with Crippen LogP contribution in [0, 0.1) is 5.82 Å². The van der Waals surface area contributed by atoms with Crippen molar-refractivity contribution in [2.75, 3.05) is 5.73 Å². The molecule has 0 aliphatic heterocycles. The van der Waals surface area contributed by atoms with E-state index < -0.39 is 5.91 Å². The average molecular weight is 325 g/mol. The molecule has 0 saturated heterocycles. The minimum Gasteiger partial charge on any atom is -0.457 e. The fraction of sp³-hybridized carbons (Fsp3) is 0. The number of carbonyl (C=O) groups is 1. The highest BCUT2D eigenvalue weighted by atomic mass is 79.9. The van der Waals surface area contributed by atoms with Crippen LogP contribution in [0.1, 0.15) is 10.4 Å². The summed E-state index contributed by atoms with van der Waals surface area (Å²) in [4.78, 5) is 11.2. The summed E-state index contributed by atoms with van der Waals surface area (Å²) in [6, 6.07) is 8.78. The molecule has 2 rings (SSSR count). The quantitative estimate of drug-likeness (QED) is 0.851. The van der Waals surface area contributed by atoms with Crippen LogP contribution in [-0.2, 0) is 0 Å². The highest BCUT2D eigenvalue weighted by Gasteiger charge is 2.08. The van der Waals surface area contributed by atoms with Crippen LogP contribution in [0.3, 0.4) is 0 Å². The van der Waals surface area contributed by atoms with Gasteiger partial charge in [-0.25, -0.2) is 4.39 Å². The Morgan fingerprint density at radius 2 is 1.79 bits per heavy atom. The van der Waals surface area contributed by atoms with Crippen molar-refractivity contribution in [1.29, 1.82) is 0 Å². The van der Waals surface area contributed by atoms with Gasteiger partial charge in [0.25, 0.3) is 5.91 Å². The number of amides is 1. The molecule has 4 nitrogen and oxygen atoms in total. The van der Waals surface area contributed by atoms with E-state index in [9.17, 15) is 9.18 Å². The second-order valence-corrected chi connectivity index (χ2v) is 4.65. The van der Waals surface area contributed by atoms with Crippen molar-refractivity contribution >= 4 is 27.5 Å². The Hall–Kier alpha value is -2.08. The normalized spacial score (nSPS) is 10.2. The first-order valence-electron chi connectivity index (χ1n) is 5.29. The van der Waals surface area contributed by atoms with Crippen molar-refractivity contribution in [3.05, 3.63) is 52.3 Å². The Labute approximate surface area is 117 Å². The monoisotopic (exact) mass is 324 g/mol. The molecule has 0 aliphatic rings. The largest absolute Gasteiger partial charge is 0.457 e. The molecule has 0 unspecified atom stereocenters. The summed E-state index contributed by atoms with van der Waals surface area (Å²) in [5.41, 5.74) is 11.3. The summed E-state index contributed by atoms with van der Waals surface area (Å²) < 4.78 is 18.9. The zero-order valence-electron chi connectivity index (χ0n) is 9.69. The molecule has 0 heterocycles. The SMILES string of the molecule is NC(=O)c1cc(Oc2ccc(F)c(Br)c2)ccc1N. The van der Waals surface area contributed by atoms with Crippen molar-refractivity contribution in [1.82, 2.24) is 0 Å². The predicted octanol–water partition coefficient (Wildman–Crippen LogP) is 3.06. The Kier molecular flexibility index (Phi) is 3.71. The van der Waals surface area contributed by atoms with Gasteiger partial charge in [-0.1, -0.05) is 0 Å². The Balaban J connectivity index is 2.30. The van der Waals surface area contributed by atoms with Crippen LogP contribution < -0.4 is 16.2 Å². The molecule has 0 bridgehead atoms. The highest BCUT2D eigenvalue weighted by molar-refractivity contribution is 9.10. The van der Waals surface area contributed by atoms with Gasteiger partial charge in [0.15, 0.2) is 0 Å². The molecular formula is C13H10BrFN2O2. The van der Waals surface area contributed by atoms with E-state index in [0.717, 1.165) is 0 Å². The molecule has 0 spiro atoms. The number of rotatable bonds is 3. The summed E-state index contributed by atoms with van der Waals surface area (Å²) >= 11 is 3.06. The number of anilines is 1. The molecule has 2 aromatic rings. The first kappa shape index (κ1) is 13.4. The lowest BCUT2D eigenvalue weighted by Gasteiger charge is -2.08. The summed E-state index contributed by atoms with van der Waals surface area (Å²) in [5.74, 6) is -0.208. The van der Waals surface area contributed by atoms with Gasteiger partial charge >= 0.3 is 0 Å². The average Bonchev–Trinajstić information content (AvgIpc) is 2.36. The number of benzene rings is 2. The molecule has 1 amide bonds. The molecular weight excluding hydrogens is 315 g/mol. The number of nitrogen functional groups attached to an aromatic ring is 1. The van der Waals surface area contributed by atoms with Gasteiger partial charge in [-0.05, 0) is 52.3 Å². The standard InChI is InChI=1S/C13H10BrFN2O2/c14-10-6-8(1-3-11(10)15)19-7-2-4-12(16)9(5-7)13(17)18/h1-6H,16H2,(H2,17,18). The van der Waals surface area contributed by atoms with Crippen molar-refractivity contribution in [3.63, 3.8) is 0 Å². The Morgan fingerprint density at radius 1 is 1.16 bits per heavy atom. The Bertz CT molecular complexity index is 647. The van der Waals surface area contributed by atoms with E-state index in [2.05, 4.69) is 15.9 Å². The number of hydrogen-bond donors (Lipinski definition) is 2. The smallest absolute Gasteiger partial charge is 0.250 e. The molecule has 2 aromatic carbocycles. The van der Waals surface area contributed by atoms with Crippen molar-refractivity contribution < 1.29 is 13.9 Å². The maximum Gasteiger partial charge on any atom is 0.250 e. The molecule has 0 aliphatic carbocycles. The van der Waals surface area contributed by atoms with E-state index in [4.69, 9.17) is 16.2 Å². The number of carbonyl (C=O) groups excluding carboxylic acids is 1. The minimum absolute atomic E-state index is 0.179. The topological polar surface area (TPSA) is 78.3 Å². The van der Waals surface area contributed by atoms with Gasteiger partial charge in [0, 0.05) is 5.69 Å². The zero-order chi connectivity index (χ0) is 14.0. The van der Waals surface area contributed by atoms with Gasteiger partial charge in [0.1, 0.15) is 17.3 Å². The van der Waals surface area contributed by atoms with Gasteiger partial charge < -0.3 is 16.2 Å². The lowest BCUT2D eigenvalue weighted by atomic mass is 10.1. The van der Waals surface area contributed by atoms with Crippen molar-refractivity contribution in [3.8, 4) is 11.5 Å². The molecule has 19 heavy (non-hydrogen) atoms.